The van der Waals surface area contributed by atoms with E-state index in [2.05, 4.69) is 15.9 Å². The van der Waals surface area contributed by atoms with Crippen molar-refractivity contribution in [3.05, 3.63) is 154 Å². The molecular weight excluding hydrogens is 656 g/mol. The van der Waals surface area contributed by atoms with Gasteiger partial charge >= 0.3 is 11.9 Å². The molecular formula is C40H39BrO6. The summed E-state index contributed by atoms with van der Waals surface area (Å²) in [7, 11) is 0. The highest BCUT2D eigenvalue weighted by Crippen LogP contribution is 2.27. The van der Waals surface area contributed by atoms with Gasteiger partial charge in [-0.25, -0.2) is 0 Å². The summed E-state index contributed by atoms with van der Waals surface area (Å²) >= 11 is 3.44. The van der Waals surface area contributed by atoms with Gasteiger partial charge in [-0.15, -0.1) is 0 Å². The van der Waals surface area contributed by atoms with E-state index in [4.69, 9.17) is 18.9 Å². The van der Waals surface area contributed by atoms with Gasteiger partial charge in [0.05, 0.1) is 26.1 Å². The predicted molar refractivity (Wildman–Crippen MR) is 188 cm³/mol. The summed E-state index contributed by atoms with van der Waals surface area (Å²) in [6.45, 7) is 5.37. The Kier molecular flexibility index (Phi) is 14.1. The molecule has 0 atom stereocenters. The molecule has 0 aromatic heterocycles. The fourth-order valence-corrected chi connectivity index (χ4v) is 5.21. The summed E-state index contributed by atoms with van der Waals surface area (Å²) in [5.41, 5.74) is 6.06. The Morgan fingerprint density at radius 2 is 0.957 bits per heavy atom. The van der Waals surface area contributed by atoms with Gasteiger partial charge < -0.3 is 18.9 Å². The van der Waals surface area contributed by atoms with Gasteiger partial charge in [-0.2, -0.15) is 0 Å². The van der Waals surface area contributed by atoms with E-state index in [1.54, 1.807) is 6.92 Å². The Bertz CT molecular complexity index is 1690. The lowest BCUT2D eigenvalue weighted by Crippen LogP contribution is -2.08. The van der Waals surface area contributed by atoms with Gasteiger partial charge in [-0.05, 0) is 77.6 Å². The number of carbonyl (C=O) groups is 2. The average Bonchev–Trinajstić information content (AvgIpc) is 3.08. The number of halogens is 1. The van der Waals surface area contributed by atoms with E-state index in [0.717, 1.165) is 49.4 Å². The minimum absolute atomic E-state index is 0.230. The first kappa shape index (κ1) is 35.0. The zero-order chi connectivity index (χ0) is 33.3. The van der Waals surface area contributed by atoms with Gasteiger partial charge in [0.25, 0.3) is 0 Å². The third-order valence-corrected chi connectivity index (χ3v) is 7.27. The second-order valence-corrected chi connectivity index (χ2v) is 11.5. The van der Waals surface area contributed by atoms with Crippen molar-refractivity contribution in [3.63, 3.8) is 0 Å². The molecule has 242 valence electrons. The van der Waals surface area contributed by atoms with E-state index in [-0.39, 0.29) is 24.8 Å². The van der Waals surface area contributed by atoms with Crippen LogP contribution in [0.4, 0.5) is 0 Å². The topological polar surface area (TPSA) is 71.1 Å². The molecule has 0 aliphatic rings. The number of benzene rings is 5. The van der Waals surface area contributed by atoms with Crippen LogP contribution < -0.4 is 9.47 Å². The van der Waals surface area contributed by atoms with E-state index >= 15 is 0 Å². The molecule has 7 heteroatoms. The highest BCUT2D eigenvalue weighted by atomic mass is 79.9. The lowest BCUT2D eigenvalue weighted by Gasteiger charge is -2.12. The SMILES string of the molecule is CCOC(=O)Cc1cc(Br)cc(OCc2ccccc2)c1.CCOC(=O)Cc1cc(OCc2ccccc2)cc(-c2ccccc2)c1. The highest BCUT2D eigenvalue weighted by Gasteiger charge is 2.10. The summed E-state index contributed by atoms with van der Waals surface area (Å²) in [4.78, 5) is 23.4. The van der Waals surface area contributed by atoms with Crippen LogP contribution in [0.1, 0.15) is 36.1 Å². The van der Waals surface area contributed by atoms with Gasteiger partial charge in [0, 0.05) is 4.47 Å². The molecule has 5 aromatic rings. The van der Waals surface area contributed by atoms with Crippen molar-refractivity contribution in [1.82, 2.24) is 0 Å². The Morgan fingerprint density at radius 1 is 0.511 bits per heavy atom. The highest BCUT2D eigenvalue weighted by molar-refractivity contribution is 9.10. The van der Waals surface area contributed by atoms with E-state index in [1.165, 1.54) is 0 Å². The number of hydrogen-bond acceptors (Lipinski definition) is 6. The van der Waals surface area contributed by atoms with Crippen LogP contribution in [-0.2, 0) is 45.1 Å². The van der Waals surface area contributed by atoms with E-state index in [0.29, 0.717) is 26.4 Å². The third-order valence-electron chi connectivity index (χ3n) is 6.81. The van der Waals surface area contributed by atoms with E-state index in [9.17, 15) is 9.59 Å². The number of hydrogen-bond donors (Lipinski definition) is 0. The van der Waals surface area contributed by atoms with Gasteiger partial charge in [0.1, 0.15) is 24.7 Å². The zero-order valence-electron chi connectivity index (χ0n) is 26.7. The quantitative estimate of drug-likeness (QED) is 0.115. The standard InChI is InChI=1S/C23H22O3.C17H17BrO3/c1-2-25-23(24)15-19-13-21(20-11-7-4-8-12-20)16-22(14-19)26-17-18-9-5-3-6-10-18;1-2-20-17(19)10-14-8-15(18)11-16(9-14)21-12-13-6-4-3-5-7-13/h3-14,16H,2,15,17H2,1H3;3-9,11H,2,10,12H2,1H3. The molecule has 47 heavy (non-hydrogen) atoms. The molecule has 0 aliphatic heterocycles. The summed E-state index contributed by atoms with van der Waals surface area (Å²) in [6, 6.07) is 41.6. The molecule has 0 radical (unpaired) electrons. The maximum Gasteiger partial charge on any atom is 0.310 e. The molecule has 6 nitrogen and oxygen atoms in total. The molecule has 5 rings (SSSR count). The molecule has 0 heterocycles. The molecule has 0 saturated heterocycles. The summed E-state index contributed by atoms with van der Waals surface area (Å²) in [5, 5.41) is 0. The summed E-state index contributed by atoms with van der Waals surface area (Å²) in [6.07, 6.45) is 0.477. The number of ether oxygens (including phenoxy) is 4. The van der Waals surface area contributed by atoms with Crippen LogP contribution in [0.5, 0.6) is 11.5 Å². The van der Waals surface area contributed by atoms with Crippen LogP contribution in [0.3, 0.4) is 0 Å². The van der Waals surface area contributed by atoms with Crippen LogP contribution in [0.15, 0.2) is 132 Å². The van der Waals surface area contributed by atoms with Crippen LogP contribution in [0.25, 0.3) is 11.1 Å². The molecule has 0 spiro atoms. The van der Waals surface area contributed by atoms with Crippen LogP contribution >= 0.6 is 15.9 Å². The van der Waals surface area contributed by atoms with Gasteiger partial charge in [-0.3, -0.25) is 9.59 Å². The first-order valence-corrected chi connectivity index (χ1v) is 16.3. The van der Waals surface area contributed by atoms with Crippen molar-refractivity contribution in [3.8, 4) is 22.6 Å². The van der Waals surface area contributed by atoms with Crippen LogP contribution in [0, 0.1) is 0 Å². The van der Waals surface area contributed by atoms with E-state index < -0.39 is 0 Å². The Labute approximate surface area is 285 Å². The fourth-order valence-electron chi connectivity index (χ4n) is 4.69. The van der Waals surface area contributed by atoms with Crippen molar-refractivity contribution < 1.29 is 28.5 Å². The summed E-state index contributed by atoms with van der Waals surface area (Å²) < 4.78 is 22.7. The monoisotopic (exact) mass is 694 g/mol. The van der Waals surface area contributed by atoms with Crippen molar-refractivity contribution in [2.24, 2.45) is 0 Å². The molecule has 0 amide bonds. The van der Waals surface area contributed by atoms with Crippen molar-refractivity contribution in [1.29, 1.82) is 0 Å². The normalized spacial score (nSPS) is 10.3. The Balaban J connectivity index is 0.000000218. The van der Waals surface area contributed by atoms with Crippen molar-refractivity contribution in [2.75, 3.05) is 13.2 Å². The number of rotatable bonds is 13. The van der Waals surface area contributed by atoms with E-state index in [1.807, 2.05) is 134 Å². The van der Waals surface area contributed by atoms with Gasteiger partial charge in [0.2, 0.25) is 0 Å². The summed E-state index contributed by atoms with van der Waals surface area (Å²) in [5.74, 6) is 1.01. The largest absolute Gasteiger partial charge is 0.489 e. The average molecular weight is 696 g/mol. The fraction of sp³-hybridized carbons (Fsp3) is 0.200. The minimum atomic E-state index is -0.232. The Hall–Kier alpha value is -4.88. The van der Waals surface area contributed by atoms with Gasteiger partial charge in [-0.1, -0.05) is 113 Å². The molecule has 0 saturated carbocycles. The lowest BCUT2D eigenvalue weighted by atomic mass is 10.0. The smallest absolute Gasteiger partial charge is 0.310 e. The Morgan fingerprint density at radius 3 is 1.45 bits per heavy atom. The third kappa shape index (κ3) is 12.4. The van der Waals surface area contributed by atoms with Crippen LogP contribution in [0.2, 0.25) is 0 Å². The molecule has 0 N–H and O–H groups in total. The first-order chi connectivity index (χ1) is 22.9. The van der Waals surface area contributed by atoms with Crippen molar-refractivity contribution in [2.45, 2.75) is 39.9 Å². The second-order valence-electron chi connectivity index (χ2n) is 10.5. The lowest BCUT2D eigenvalue weighted by molar-refractivity contribution is -0.143. The molecule has 0 fully saturated rings. The maximum absolute atomic E-state index is 11.9. The number of esters is 2. The second kappa shape index (κ2) is 18.9. The molecule has 0 aliphatic carbocycles. The maximum atomic E-state index is 11.9. The molecule has 0 bridgehead atoms. The number of carbonyl (C=O) groups excluding carboxylic acids is 2. The molecule has 0 unspecified atom stereocenters. The minimum Gasteiger partial charge on any atom is -0.489 e. The van der Waals surface area contributed by atoms with Crippen molar-refractivity contribution >= 4 is 27.9 Å². The molecule has 5 aromatic carbocycles. The zero-order valence-corrected chi connectivity index (χ0v) is 28.3. The van der Waals surface area contributed by atoms with Crippen LogP contribution in [-0.4, -0.2) is 25.2 Å². The van der Waals surface area contributed by atoms with Gasteiger partial charge in [0.15, 0.2) is 0 Å². The first-order valence-electron chi connectivity index (χ1n) is 15.6. The predicted octanol–water partition coefficient (Wildman–Crippen LogP) is 9.17.